The molecule has 5 heteroatoms. The molecule has 2 fully saturated rings. The number of aromatic hydroxyl groups is 1. The summed E-state index contributed by atoms with van der Waals surface area (Å²) in [6.07, 6.45) is 5.27. The van der Waals surface area contributed by atoms with E-state index in [0.717, 1.165) is 12.8 Å². The first-order chi connectivity index (χ1) is 9.20. The van der Waals surface area contributed by atoms with Crippen LogP contribution in [0.2, 0.25) is 0 Å². The summed E-state index contributed by atoms with van der Waals surface area (Å²) in [5.74, 6) is 0.610. The lowest BCUT2D eigenvalue weighted by molar-refractivity contribution is -0.117. The Kier molecular flexibility index (Phi) is 4.89. The van der Waals surface area contributed by atoms with Gasteiger partial charge in [0.2, 0.25) is 5.91 Å². The van der Waals surface area contributed by atoms with Gasteiger partial charge in [-0.3, -0.25) is 4.79 Å². The molecule has 0 aliphatic carbocycles. The van der Waals surface area contributed by atoms with E-state index in [4.69, 9.17) is 0 Å². The van der Waals surface area contributed by atoms with Gasteiger partial charge in [0.05, 0.1) is 5.69 Å². The predicted octanol–water partition coefficient (Wildman–Crippen LogP) is 2.67. The fraction of sp³-hybridized carbons (Fsp3) is 0.533. The lowest BCUT2D eigenvalue weighted by Crippen LogP contribution is -2.39. The van der Waals surface area contributed by atoms with Crippen LogP contribution in [0.3, 0.4) is 0 Å². The molecule has 0 saturated carbocycles. The lowest BCUT2D eigenvalue weighted by atomic mass is 9.89. The van der Waals surface area contributed by atoms with Crippen LogP contribution in [0.5, 0.6) is 5.75 Å². The van der Waals surface area contributed by atoms with Gasteiger partial charge in [0.25, 0.3) is 0 Å². The standard InChI is InChI=1S/C15H20N2O2.ClH/c18-14-4-2-1-3-13(14)17-15(19)9-10-7-11-5-6-12(8-10)16-11;/h1-4,10-12,16,18H,5-9H2,(H,17,19);1H. The van der Waals surface area contributed by atoms with E-state index in [0.29, 0.717) is 30.1 Å². The van der Waals surface area contributed by atoms with Gasteiger partial charge in [-0.15, -0.1) is 12.4 Å². The Hall–Kier alpha value is -1.26. The monoisotopic (exact) mass is 296 g/mol. The van der Waals surface area contributed by atoms with E-state index in [1.165, 1.54) is 12.8 Å². The topological polar surface area (TPSA) is 61.4 Å². The maximum absolute atomic E-state index is 12.0. The van der Waals surface area contributed by atoms with Gasteiger partial charge < -0.3 is 15.7 Å². The molecule has 0 aromatic heterocycles. The summed E-state index contributed by atoms with van der Waals surface area (Å²) in [4.78, 5) is 12.0. The smallest absolute Gasteiger partial charge is 0.224 e. The van der Waals surface area contributed by atoms with Gasteiger partial charge in [0.1, 0.15) is 5.75 Å². The third-order valence-corrected chi connectivity index (χ3v) is 4.22. The minimum atomic E-state index is 0. The molecule has 2 saturated heterocycles. The highest BCUT2D eigenvalue weighted by atomic mass is 35.5. The fourth-order valence-electron chi connectivity index (χ4n) is 3.38. The normalized spacial score (nSPS) is 27.7. The van der Waals surface area contributed by atoms with Crippen LogP contribution in [0.25, 0.3) is 0 Å². The van der Waals surface area contributed by atoms with Gasteiger partial charge >= 0.3 is 0 Å². The summed E-state index contributed by atoms with van der Waals surface area (Å²) in [7, 11) is 0. The first kappa shape index (κ1) is 15.1. The summed E-state index contributed by atoms with van der Waals surface area (Å²) >= 11 is 0. The van der Waals surface area contributed by atoms with E-state index in [9.17, 15) is 9.90 Å². The largest absolute Gasteiger partial charge is 0.506 e. The minimum absolute atomic E-state index is 0. The van der Waals surface area contributed by atoms with Gasteiger partial charge in [0.15, 0.2) is 0 Å². The number of para-hydroxylation sites is 2. The molecule has 2 bridgehead atoms. The van der Waals surface area contributed by atoms with E-state index in [2.05, 4.69) is 10.6 Å². The first-order valence-corrected chi connectivity index (χ1v) is 7.04. The van der Waals surface area contributed by atoms with E-state index >= 15 is 0 Å². The van der Waals surface area contributed by atoms with Crippen molar-refractivity contribution in [2.45, 2.75) is 44.2 Å². The number of nitrogens with one attached hydrogen (secondary N) is 2. The first-order valence-electron chi connectivity index (χ1n) is 7.04. The molecular formula is C15H21ClN2O2. The maximum Gasteiger partial charge on any atom is 0.224 e. The summed E-state index contributed by atoms with van der Waals surface area (Å²) in [6, 6.07) is 8.08. The molecule has 1 aromatic carbocycles. The molecule has 2 heterocycles. The van der Waals surface area contributed by atoms with Gasteiger partial charge in [-0.25, -0.2) is 0 Å². The van der Waals surface area contributed by atoms with Crippen LogP contribution in [0.1, 0.15) is 32.1 Å². The number of piperidine rings is 1. The van der Waals surface area contributed by atoms with Crippen LogP contribution in [0.15, 0.2) is 24.3 Å². The summed E-state index contributed by atoms with van der Waals surface area (Å²) in [6.45, 7) is 0. The van der Waals surface area contributed by atoms with E-state index in [-0.39, 0.29) is 24.1 Å². The highest BCUT2D eigenvalue weighted by molar-refractivity contribution is 5.92. The molecule has 3 rings (SSSR count). The number of hydrogen-bond acceptors (Lipinski definition) is 3. The molecule has 0 spiro atoms. The second-order valence-electron chi connectivity index (χ2n) is 5.74. The summed E-state index contributed by atoms with van der Waals surface area (Å²) in [5, 5.41) is 16.0. The number of carbonyl (C=O) groups excluding carboxylic acids is 1. The average Bonchev–Trinajstić information content (AvgIpc) is 2.72. The van der Waals surface area contributed by atoms with Gasteiger partial charge in [-0.2, -0.15) is 0 Å². The molecule has 110 valence electrons. The molecule has 2 aliphatic heterocycles. The average molecular weight is 297 g/mol. The van der Waals surface area contributed by atoms with Crippen molar-refractivity contribution >= 4 is 24.0 Å². The summed E-state index contributed by atoms with van der Waals surface area (Å²) in [5.41, 5.74) is 0.504. The van der Waals surface area contributed by atoms with Crippen molar-refractivity contribution in [1.29, 1.82) is 0 Å². The molecule has 2 unspecified atom stereocenters. The molecule has 3 N–H and O–H groups in total. The molecule has 4 nitrogen and oxygen atoms in total. The Balaban J connectivity index is 0.00000147. The summed E-state index contributed by atoms with van der Waals surface area (Å²) < 4.78 is 0. The number of halogens is 1. The van der Waals surface area contributed by atoms with Gasteiger partial charge in [-0.1, -0.05) is 12.1 Å². The van der Waals surface area contributed by atoms with Crippen molar-refractivity contribution in [2.75, 3.05) is 5.32 Å². The van der Waals surface area contributed by atoms with Crippen LogP contribution < -0.4 is 10.6 Å². The Morgan fingerprint density at radius 1 is 1.25 bits per heavy atom. The number of benzene rings is 1. The molecule has 1 amide bonds. The molecule has 2 atom stereocenters. The van der Waals surface area contributed by atoms with Crippen molar-refractivity contribution in [3.8, 4) is 5.75 Å². The minimum Gasteiger partial charge on any atom is -0.506 e. The molecule has 1 aromatic rings. The number of carbonyl (C=O) groups is 1. The van der Waals surface area contributed by atoms with Crippen LogP contribution in [0.4, 0.5) is 5.69 Å². The van der Waals surface area contributed by atoms with E-state index in [1.807, 2.05) is 0 Å². The zero-order valence-corrected chi connectivity index (χ0v) is 12.2. The zero-order valence-electron chi connectivity index (χ0n) is 11.3. The van der Waals surface area contributed by atoms with Crippen LogP contribution in [0, 0.1) is 5.92 Å². The molecule has 20 heavy (non-hydrogen) atoms. The number of amides is 1. The van der Waals surface area contributed by atoms with E-state index in [1.54, 1.807) is 24.3 Å². The van der Waals surface area contributed by atoms with Crippen LogP contribution in [-0.2, 0) is 4.79 Å². The molecule has 2 aliphatic rings. The van der Waals surface area contributed by atoms with E-state index < -0.39 is 0 Å². The number of rotatable bonds is 3. The van der Waals surface area contributed by atoms with Crippen LogP contribution in [-0.4, -0.2) is 23.1 Å². The third kappa shape index (κ3) is 3.44. The van der Waals surface area contributed by atoms with Crippen molar-refractivity contribution in [2.24, 2.45) is 5.92 Å². The maximum atomic E-state index is 12.0. The Labute approximate surface area is 125 Å². The predicted molar refractivity (Wildman–Crippen MR) is 81.3 cm³/mol. The number of hydrogen-bond donors (Lipinski definition) is 3. The Bertz CT molecular complexity index is 469. The number of phenols is 1. The van der Waals surface area contributed by atoms with Gasteiger partial charge in [-0.05, 0) is 43.7 Å². The van der Waals surface area contributed by atoms with Crippen molar-refractivity contribution in [3.05, 3.63) is 24.3 Å². The lowest BCUT2D eigenvalue weighted by Gasteiger charge is -2.28. The SMILES string of the molecule is Cl.O=C(CC1CC2CCC(C1)N2)Nc1ccccc1O. The number of fused-ring (bicyclic) bond motifs is 2. The highest BCUT2D eigenvalue weighted by Crippen LogP contribution is 2.33. The second kappa shape index (κ2) is 6.46. The highest BCUT2D eigenvalue weighted by Gasteiger charge is 2.34. The molecule has 0 radical (unpaired) electrons. The quantitative estimate of drug-likeness (QED) is 0.752. The fourth-order valence-corrected chi connectivity index (χ4v) is 3.38. The molecular weight excluding hydrogens is 276 g/mol. The van der Waals surface area contributed by atoms with Gasteiger partial charge in [0, 0.05) is 18.5 Å². The second-order valence-corrected chi connectivity index (χ2v) is 5.74. The van der Waals surface area contributed by atoms with Crippen molar-refractivity contribution in [1.82, 2.24) is 5.32 Å². The number of phenolic OH excluding ortho intramolecular Hbond substituents is 1. The van der Waals surface area contributed by atoms with Crippen molar-refractivity contribution in [3.63, 3.8) is 0 Å². The zero-order chi connectivity index (χ0) is 13.2. The Morgan fingerprint density at radius 3 is 2.55 bits per heavy atom. The van der Waals surface area contributed by atoms with Crippen LogP contribution >= 0.6 is 12.4 Å². The Morgan fingerprint density at radius 2 is 1.90 bits per heavy atom. The number of anilines is 1. The third-order valence-electron chi connectivity index (χ3n) is 4.22. The van der Waals surface area contributed by atoms with Crippen molar-refractivity contribution < 1.29 is 9.90 Å².